The molecule has 504 valence electrons. The van der Waals surface area contributed by atoms with Gasteiger partial charge in [0.25, 0.3) is 0 Å². The number of benzene rings is 16. The Morgan fingerprint density at radius 3 is 1.09 bits per heavy atom. The first-order chi connectivity index (χ1) is 53.5. The first-order valence-corrected chi connectivity index (χ1v) is 36.5. The summed E-state index contributed by atoms with van der Waals surface area (Å²) in [6, 6.07) is 131. The van der Waals surface area contributed by atoms with Gasteiger partial charge in [0.05, 0.1) is 17.1 Å². The summed E-state index contributed by atoms with van der Waals surface area (Å²) >= 11 is 0. The van der Waals surface area contributed by atoms with Gasteiger partial charge in [0, 0.05) is 75.3 Å². The van der Waals surface area contributed by atoms with Gasteiger partial charge in [0.1, 0.15) is 0 Å². The number of rotatable bonds is 12. The minimum absolute atomic E-state index is 0.685. The zero-order valence-electron chi connectivity index (χ0n) is 58.8. The smallest absolute Gasteiger partial charge is 0.160 e. The molecule has 0 amide bonds. The summed E-state index contributed by atoms with van der Waals surface area (Å²) < 4.78 is 0. The Morgan fingerprint density at radius 2 is 0.546 bits per heavy atom. The first-order valence-electron chi connectivity index (χ1n) is 36.5. The monoisotopic (exact) mass is 1370 g/mol. The van der Waals surface area contributed by atoms with Crippen LogP contribution in [-0.2, 0) is 0 Å². The van der Waals surface area contributed by atoms with Crippen molar-refractivity contribution in [3.05, 3.63) is 401 Å². The van der Waals surface area contributed by atoms with E-state index in [1.807, 2.05) is 36.9 Å². The van der Waals surface area contributed by atoms with E-state index in [2.05, 4.69) is 368 Å². The molecule has 20 aromatic rings. The summed E-state index contributed by atoms with van der Waals surface area (Å²) in [7, 11) is 0. The van der Waals surface area contributed by atoms with Crippen molar-refractivity contribution in [3.63, 3.8) is 0 Å². The third-order valence-corrected chi connectivity index (χ3v) is 20.9. The molecule has 16 aromatic carbocycles. The molecule has 0 aliphatic heterocycles. The van der Waals surface area contributed by atoms with Crippen LogP contribution in [0.15, 0.2) is 401 Å². The lowest BCUT2D eigenvalue weighted by Gasteiger charge is -2.13. The number of fused-ring (bicyclic) bond motifs is 9. The van der Waals surface area contributed by atoms with Gasteiger partial charge in [0.2, 0.25) is 0 Å². The molecule has 0 saturated heterocycles. The summed E-state index contributed by atoms with van der Waals surface area (Å²) in [4.78, 5) is 29.4. The second kappa shape index (κ2) is 28.3. The van der Waals surface area contributed by atoms with Gasteiger partial charge >= 0.3 is 0 Å². The van der Waals surface area contributed by atoms with Gasteiger partial charge < -0.3 is 0 Å². The molecule has 0 atom stereocenters. The molecule has 0 spiro atoms. The predicted octanol–water partition coefficient (Wildman–Crippen LogP) is 26.7. The summed E-state index contributed by atoms with van der Waals surface area (Å²) in [5, 5.41) is 14.9. The van der Waals surface area contributed by atoms with E-state index in [9.17, 15) is 0 Å². The average molecular weight is 1380 g/mol. The van der Waals surface area contributed by atoms with E-state index < -0.39 is 0 Å². The van der Waals surface area contributed by atoms with Gasteiger partial charge in [-0.1, -0.05) is 352 Å². The van der Waals surface area contributed by atoms with Crippen molar-refractivity contribution in [1.82, 2.24) is 29.9 Å². The fourth-order valence-corrected chi connectivity index (χ4v) is 15.3. The fourth-order valence-electron chi connectivity index (χ4n) is 15.3. The zero-order valence-corrected chi connectivity index (χ0v) is 58.8. The SMILES string of the molecule is c1ccc(-c2ccc(-c3cc(-c4ccc(-c5cncc6ccccc56)cc4)nc(-c4ccc(-c5ccc6c7ccccc7c7ccccc7c6c5)cc4)n3)cc2)cc1.c1cncc(-c2ccc(-c3nc(-c4ccc(-c5cccc6ccccc56)cc4)ncc3-c3ccc(-c4cccc5ccccc45)cc3)cc2)c1. The fraction of sp³-hybridized carbons (Fsp3) is 0. The number of hydrogen-bond donors (Lipinski definition) is 0. The molecule has 0 N–H and O–H groups in total. The second-order valence-corrected chi connectivity index (χ2v) is 27.3. The number of aromatic nitrogens is 6. The van der Waals surface area contributed by atoms with E-state index in [0.29, 0.717) is 11.6 Å². The Balaban J connectivity index is 0.000000149. The highest BCUT2D eigenvalue weighted by Gasteiger charge is 2.18. The van der Waals surface area contributed by atoms with Crippen molar-refractivity contribution >= 4 is 64.6 Å². The molecule has 6 nitrogen and oxygen atoms in total. The van der Waals surface area contributed by atoms with E-state index in [4.69, 9.17) is 19.9 Å². The summed E-state index contributed by atoms with van der Waals surface area (Å²) in [6.45, 7) is 0. The third kappa shape index (κ3) is 12.5. The highest BCUT2D eigenvalue weighted by molar-refractivity contribution is 6.26. The van der Waals surface area contributed by atoms with Crippen LogP contribution in [0.3, 0.4) is 0 Å². The molecule has 0 bridgehead atoms. The number of hydrogen-bond acceptors (Lipinski definition) is 6. The molecule has 4 heterocycles. The molecule has 20 rings (SSSR count). The minimum Gasteiger partial charge on any atom is -0.264 e. The van der Waals surface area contributed by atoms with Gasteiger partial charge in [0.15, 0.2) is 11.6 Å². The first kappa shape index (κ1) is 64.4. The maximum absolute atomic E-state index is 5.24. The van der Waals surface area contributed by atoms with Crippen LogP contribution in [0.5, 0.6) is 0 Å². The molecule has 108 heavy (non-hydrogen) atoms. The van der Waals surface area contributed by atoms with Crippen LogP contribution in [0.1, 0.15) is 0 Å². The van der Waals surface area contributed by atoms with E-state index in [1.54, 1.807) is 6.20 Å². The standard InChI is InChI=1S/C55H35N3.C47H31N3/c1-2-10-36(11-3-1)37-18-24-40(25-19-37)53-33-54(41-26-22-39(23-27-41)52-35-56-34-44-12-4-5-13-45(44)52)58-55(57-53)42-28-20-38(21-29-42)43-30-31-50-48-16-7-6-14-46(48)47-15-8-9-17-49(47)51(50)32-43;1-3-13-41-33(8-1)10-5-15-43(41)35-19-21-37(22-20-35)45-31-49-47(50-46(45)38-25-17-32(18-26-38)40-12-7-29-48-30-40)39-27-23-36(24-28-39)44-16-6-11-34-9-2-4-14-42(34)44/h1-35H;1-31H. The largest absolute Gasteiger partial charge is 0.264 e. The van der Waals surface area contributed by atoms with Crippen LogP contribution >= 0.6 is 0 Å². The highest BCUT2D eigenvalue weighted by atomic mass is 14.9. The van der Waals surface area contributed by atoms with Crippen molar-refractivity contribution in [1.29, 1.82) is 0 Å². The van der Waals surface area contributed by atoms with E-state index >= 15 is 0 Å². The molecular formula is C102H66N6. The van der Waals surface area contributed by atoms with Crippen LogP contribution in [0.2, 0.25) is 0 Å². The second-order valence-electron chi connectivity index (χ2n) is 27.3. The maximum Gasteiger partial charge on any atom is 0.160 e. The quantitative estimate of drug-likeness (QED) is 0.113. The molecular weight excluding hydrogens is 1310 g/mol. The normalized spacial score (nSPS) is 11.3. The maximum atomic E-state index is 5.24. The van der Waals surface area contributed by atoms with Gasteiger partial charge in [-0.2, -0.15) is 0 Å². The summed E-state index contributed by atoms with van der Waals surface area (Å²) in [5.74, 6) is 1.38. The molecule has 6 heteroatoms. The van der Waals surface area contributed by atoms with E-state index in [-0.39, 0.29) is 0 Å². The van der Waals surface area contributed by atoms with Crippen molar-refractivity contribution in [3.8, 4) is 134 Å². The van der Waals surface area contributed by atoms with Crippen LogP contribution < -0.4 is 0 Å². The number of nitrogens with zero attached hydrogens (tertiary/aromatic N) is 6. The predicted molar refractivity (Wildman–Crippen MR) is 450 cm³/mol. The Labute approximate surface area is 626 Å². The van der Waals surface area contributed by atoms with Gasteiger partial charge in [-0.05, 0) is 144 Å². The van der Waals surface area contributed by atoms with Gasteiger partial charge in [-0.25, -0.2) is 19.9 Å². The third-order valence-electron chi connectivity index (χ3n) is 20.9. The molecule has 0 aliphatic carbocycles. The van der Waals surface area contributed by atoms with Crippen LogP contribution in [0.25, 0.3) is 199 Å². The summed E-state index contributed by atoms with van der Waals surface area (Å²) in [5.41, 5.74) is 23.6. The van der Waals surface area contributed by atoms with Crippen molar-refractivity contribution < 1.29 is 0 Å². The Hall–Kier alpha value is -14.5. The lowest BCUT2D eigenvalue weighted by molar-refractivity contribution is 1.18. The lowest BCUT2D eigenvalue weighted by Crippen LogP contribution is -1.96. The Kier molecular flexibility index (Phi) is 16.9. The Morgan fingerprint density at radius 1 is 0.167 bits per heavy atom. The van der Waals surface area contributed by atoms with Crippen LogP contribution in [0.4, 0.5) is 0 Å². The molecule has 0 unspecified atom stereocenters. The van der Waals surface area contributed by atoms with E-state index in [1.165, 1.54) is 98.2 Å². The van der Waals surface area contributed by atoms with E-state index in [0.717, 1.165) is 89.2 Å². The Bertz CT molecular complexity index is 6670. The van der Waals surface area contributed by atoms with Gasteiger partial charge in [-0.3, -0.25) is 9.97 Å². The lowest BCUT2D eigenvalue weighted by atomic mass is 9.92. The molecule has 0 radical (unpaired) electrons. The average Bonchev–Trinajstić information content (AvgIpc) is 0.739. The highest BCUT2D eigenvalue weighted by Crippen LogP contribution is 2.41. The number of pyridine rings is 2. The summed E-state index contributed by atoms with van der Waals surface area (Å²) in [6.07, 6.45) is 9.53. The molecule has 0 aliphatic rings. The molecule has 0 saturated carbocycles. The van der Waals surface area contributed by atoms with Crippen molar-refractivity contribution in [2.24, 2.45) is 0 Å². The van der Waals surface area contributed by atoms with Crippen LogP contribution in [0, 0.1) is 0 Å². The van der Waals surface area contributed by atoms with Gasteiger partial charge in [-0.15, -0.1) is 0 Å². The minimum atomic E-state index is 0.685. The molecule has 4 aromatic heterocycles. The topological polar surface area (TPSA) is 77.3 Å². The zero-order chi connectivity index (χ0) is 71.7. The van der Waals surface area contributed by atoms with Crippen LogP contribution in [-0.4, -0.2) is 29.9 Å². The molecule has 0 fully saturated rings. The van der Waals surface area contributed by atoms with Crippen molar-refractivity contribution in [2.75, 3.05) is 0 Å². The van der Waals surface area contributed by atoms with Crippen molar-refractivity contribution in [2.45, 2.75) is 0 Å².